The fourth-order valence-corrected chi connectivity index (χ4v) is 5.81. The number of hydrogen-bond donors (Lipinski definition) is 2. The van der Waals surface area contributed by atoms with Crippen LogP contribution in [0.1, 0.15) is 57.4 Å². The Bertz CT molecular complexity index is 1310. The molecule has 1 heterocycles. The molecule has 0 spiro atoms. The summed E-state index contributed by atoms with van der Waals surface area (Å²) in [5.41, 5.74) is 1.63. The van der Waals surface area contributed by atoms with Gasteiger partial charge in [0.15, 0.2) is 0 Å². The van der Waals surface area contributed by atoms with Crippen LogP contribution in [0.3, 0.4) is 0 Å². The molecular formula is C29H35N3O5S. The fraction of sp³-hybridized carbons (Fsp3) is 0.379. The van der Waals surface area contributed by atoms with Crippen molar-refractivity contribution in [2.45, 2.75) is 57.5 Å². The summed E-state index contributed by atoms with van der Waals surface area (Å²) < 4.78 is 33.7. The van der Waals surface area contributed by atoms with Crippen LogP contribution >= 0.6 is 0 Å². The minimum absolute atomic E-state index is 0.292. The Labute approximate surface area is 224 Å². The molecule has 1 saturated heterocycles. The third-order valence-corrected chi connectivity index (χ3v) is 8.16. The zero-order valence-electron chi connectivity index (χ0n) is 21.7. The number of nitrogens with one attached hydrogen (secondary N) is 2. The highest BCUT2D eigenvalue weighted by molar-refractivity contribution is 7.92. The number of carbonyl (C=O) groups excluding carboxylic acids is 2. The summed E-state index contributed by atoms with van der Waals surface area (Å²) in [7, 11) is -3.93. The summed E-state index contributed by atoms with van der Waals surface area (Å²) in [6, 6.07) is 16.4. The van der Waals surface area contributed by atoms with Crippen molar-refractivity contribution >= 4 is 33.4 Å². The van der Waals surface area contributed by atoms with Crippen molar-refractivity contribution in [1.29, 1.82) is 0 Å². The van der Waals surface area contributed by atoms with Gasteiger partial charge >= 0.3 is 10.2 Å². The van der Waals surface area contributed by atoms with Gasteiger partial charge in [-0.05, 0) is 36.3 Å². The highest BCUT2D eigenvalue weighted by atomic mass is 32.2. The first kappa shape index (κ1) is 27.6. The Hall–Kier alpha value is -3.43. The lowest BCUT2D eigenvalue weighted by Gasteiger charge is -2.33. The maximum atomic E-state index is 13.0. The predicted octanol–water partition coefficient (Wildman–Crippen LogP) is 4.97. The number of unbranched alkanes of at least 4 members (excludes halogenated alkanes) is 5. The third-order valence-electron chi connectivity index (χ3n) is 6.75. The molecule has 2 aromatic carbocycles. The monoisotopic (exact) mass is 537 g/mol. The normalized spacial score (nSPS) is 20.2. The van der Waals surface area contributed by atoms with Gasteiger partial charge in [0.1, 0.15) is 12.1 Å². The molecule has 1 atom stereocenters. The van der Waals surface area contributed by atoms with Crippen LogP contribution in [-0.4, -0.2) is 33.4 Å². The standard InChI is InChI=1S/C29H35N3O5S/c1-2-3-4-5-6-10-20-37-29(24-12-8-7-9-13-24)18-16-23(17-19-29)28(34)30-25-14-11-15-26(21-25)32-22-27(33)31-38(32,35)36/h7-9,11-18,21H,2-6,10,19-20,22H2,1H3,(H,30,34)(H,31,33). The van der Waals surface area contributed by atoms with E-state index in [4.69, 9.17) is 4.74 Å². The van der Waals surface area contributed by atoms with Crippen molar-refractivity contribution in [3.8, 4) is 0 Å². The van der Waals surface area contributed by atoms with E-state index >= 15 is 0 Å². The van der Waals surface area contributed by atoms with Crippen molar-refractivity contribution in [1.82, 2.24) is 4.72 Å². The number of carbonyl (C=O) groups is 2. The Balaban J connectivity index is 1.41. The number of nitrogens with zero attached hydrogens (tertiary/aromatic N) is 1. The molecule has 2 amide bonds. The Morgan fingerprint density at radius 1 is 1.05 bits per heavy atom. The first-order valence-corrected chi connectivity index (χ1v) is 14.6. The van der Waals surface area contributed by atoms with Crippen LogP contribution in [0, 0.1) is 0 Å². The number of ether oxygens (including phenoxy) is 1. The molecule has 4 rings (SSSR count). The van der Waals surface area contributed by atoms with Gasteiger partial charge in [-0.3, -0.25) is 9.59 Å². The lowest BCUT2D eigenvalue weighted by molar-refractivity contribution is -0.117. The summed E-state index contributed by atoms with van der Waals surface area (Å²) >= 11 is 0. The minimum atomic E-state index is -3.93. The molecule has 2 aliphatic rings. The summed E-state index contributed by atoms with van der Waals surface area (Å²) in [5, 5.41) is 2.83. The zero-order valence-corrected chi connectivity index (χ0v) is 22.5. The topological polar surface area (TPSA) is 105 Å². The average molecular weight is 538 g/mol. The van der Waals surface area contributed by atoms with Crippen LogP contribution in [0.25, 0.3) is 0 Å². The van der Waals surface area contributed by atoms with Gasteiger partial charge in [-0.1, -0.05) is 87.6 Å². The maximum Gasteiger partial charge on any atom is 0.326 e. The van der Waals surface area contributed by atoms with Gasteiger partial charge in [0.2, 0.25) is 0 Å². The van der Waals surface area contributed by atoms with Crippen LogP contribution in [-0.2, 0) is 30.1 Å². The van der Waals surface area contributed by atoms with Crippen molar-refractivity contribution in [2.24, 2.45) is 0 Å². The number of amides is 2. The average Bonchev–Trinajstić information content (AvgIpc) is 3.20. The molecular weight excluding hydrogens is 502 g/mol. The lowest BCUT2D eigenvalue weighted by atomic mass is 9.85. The quantitative estimate of drug-likeness (QED) is 0.372. The Morgan fingerprint density at radius 2 is 1.82 bits per heavy atom. The van der Waals surface area contributed by atoms with E-state index in [2.05, 4.69) is 12.2 Å². The van der Waals surface area contributed by atoms with Crippen LogP contribution in [0.5, 0.6) is 0 Å². The summed E-state index contributed by atoms with van der Waals surface area (Å²) in [6.45, 7) is 2.56. The van der Waals surface area contributed by atoms with Gasteiger partial charge in [-0.15, -0.1) is 0 Å². The van der Waals surface area contributed by atoms with Gasteiger partial charge in [-0.2, -0.15) is 8.42 Å². The first-order valence-electron chi connectivity index (χ1n) is 13.2. The summed E-state index contributed by atoms with van der Waals surface area (Å²) in [6.07, 6.45) is 13.2. The minimum Gasteiger partial charge on any atom is -0.366 e. The molecule has 2 aromatic rings. The lowest BCUT2D eigenvalue weighted by Crippen LogP contribution is -2.30. The smallest absolute Gasteiger partial charge is 0.326 e. The van der Waals surface area contributed by atoms with E-state index in [1.165, 1.54) is 31.7 Å². The van der Waals surface area contributed by atoms with E-state index in [0.717, 1.165) is 22.7 Å². The first-order chi connectivity index (χ1) is 18.3. The third kappa shape index (κ3) is 6.71. The molecule has 8 nitrogen and oxygen atoms in total. The second-order valence-corrected chi connectivity index (χ2v) is 11.2. The largest absolute Gasteiger partial charge is 0.366 e. The molecule has 1 aliphatic heterocycles. The highest BCUT2D eigenvalue weighted by Crippen LogP contribution is 2.36. The molecule has 0 saturated carbocycles. The zero-order chi connectivity index (χ0) is 27.0. The predicted molar refractivity (Wildman–Crippen MR) is 149 cm³/mol. The molecule has 0 radical (unpaired) electrons. The van der Waals surface area contributed by atoms with Crippen LogP contribution in [0.2, 0.25) is 0 Å². The summed E-state index contributed by atoms with van der Waals surface area (Å²) in [4.78, 5) is 24.6. The molecule has 38 heavy (non-hydrogen) atoms. The van der Waals surface area contributed by atoms with Gasteiger partial charge < -0.3 is 10.1 Å². The number of benzene rings is 2. The fourth-order valence-electron chi connectivity index (χ4n) is 4.67. The Morgan fingerprint density at radius 3 is 2.50 bits per heavy atom. The van der Waals surface area contributed by atoms with E-state index in [-0.39, 0.29) is 12.5 Å². The van der Waals surface area contributed by atoms with Crippen LogP contribution in [0.15, 0.2) is 78.4 Å². The van der Waals surface area contributed by atoms with Crippen molar-refractivity contribution < 1.29 is 22.7 Å². The second-order valence-electron chi connectivity index (χ2n) is 9.61. The molecule has 1 fully saturated rings. The van der Waals surface area contributed by atoms with Crippen LogP contribution in [0.4, 0.5) is 11.4 Å². The van der Waals surface area contributed by atoms with E-state index < -0.39 is 21.7 Å². The van der Waals surface area contributed by atoms with E-state index in [9.17, 15) is 18.0 Å². The molecule has 1 aliphatic carbocycles. The molecule has 2 N–H and O–H groups in total. The SMILES string of the molecule is CCCCCCCCOC1(c2ccccc2)C=CC(C(=O)Nc2cccc(N3CC(=O)NS3(=O)=O)c2)=CC1. The van der Waals surface area contributed by atoms with Crippen molar-refractivity contribution in [3.05, 3.63) is 84.0 Å². The maximum absolute atomic E-state index is 13.0. The van der Waals surface area contributed by atoms with Gasteiger partial charge in [0.05, 0.1) is 5.69 Å². The van der Waals surface area contributed by atoms with Gasteiger partial charge in [0, 0.05) is 24.3 Å². The van der Waals surface area contributed by atoms with E-state index in [1.54, 1.807) is 24.3 Å². The molecule has 202 valence electrons. The van der Waals surface area contributed by atoms with Crippen molar-refractivity contribution in [3.63, 3.8) is 0 Å². The molecule has 9 heteroatoms. The summed E-state index contributed by atoms with van der Waals surface area (Å²) in [5.74, 6) is -0.910. The molecule has 0 bridgehead atoms. The van der Waals surface area contributed by atoms with Crippen LogP contribution < -0.4 is 14.3 Å². The van der Waals surface area contributed by atoms with E-state index in [1.807, 2.05) is 47.2 Å². The van der Waals surface area contributed by atoms with Gasteiger partial charge in [0.25, 0.3) is 11.8 Å². The number of anilines is 2. The van der Waals surface area contributed by atoms with Crippen molar-refractivity contribution in [2.75, 3.05) is 22.8 Å². The second kappa shape index (κ2) is 12.4. The number of rotatable bonds is 12. The molecule has 1 unspecified atom stereocenters. The molecule has 0 aromatic heterocycles. The van der Waals surface area contributed by atoms with E-state index in [0.29, 0.717) is 30.0 Å². The highest BCUT2D eigenvalue weighted by Gasteiger charge is 2.34. The Kier molecular flexibility index (Phi) is 9.01. The van der Waals surface area contributed by atoms with Gasteiger partial charge in [-0.25, -0.2) is 9.03 Å². The number of hydrogen-bond acceptors (Lipinski definition) is 5.